The molecule has 0 aromatic heterocycles. The number of carbonyl (C=O) groups is 1. The van der Waals surface area contributed by atoms with Crippen LogP contribution in [-0.2, 0) is 17.8 Å². The molecule has 3 nitrogen and oxygen atoms in total. The molecule has 0 saturated heterocycles. The zero-order chi connectivity index (χ0) is 16.4. The Bertz CT molecular complexity index is 712. The number of anilines is 1. The van der Waals surface area contributed by atoms with Gasteiger partial charge in [-0.25, -0.2) is 0 Å². The molecule has 0 saturated carbocycles. The maximum atomic E-state index is 12.5. The van der Waals surface area contributed by atoms with Crippen LogP contribution in [0.15, 0.2) is 42.5 Å². The summed E-state index contributed by atoms with van der Waals surface area (Å²) in [6, 6.07) is 13.2. The summed E-state index contributed by atoms with van der Waals surface area (Å²) >= 11 is 11.9. The molecule has 0 bridgehead atoms. The molecule has 1 heterocycles. The Morgan fingerprint density at radius 2 is 1.78 bits per heavy atom. The van der Waals surface area contributed by atoms with Crippen molar-refractivity contribution in [3.05, 3.63) is 63.6 Å². The number of rotatable bonds is 3. The molecule has 1 N–H and O–H groups in total. The summed E-state index contributed by atoms with van der Waals surface area (Å²) in [5.74, 6) is -0.0530. The lowest BCUT2D eigenvalue weighted by molar-refractivity contribution is -0.121. The lowest BCUT2D eigenvalue weighted by atomic mass is 9.99. The fourth-order valence-corrected chi connectivity index (χ4v) is 3.41. The monoisotopic (exact) mass is 348 g/mol. The summed E-state index contributed by atoms with van der Waals surface area (Å²) in [6.07, 6.45) is 0.969. The molecular formula is C18H18Cl2N2O. The lowest BCUT2D eigenvalue weighted by Crippen LogP contribution is -2.44. The van der Waals surface area contributed by atoms with Crippen molar-refractivity contribution in [2.24, 2.45) is 0 Å². The third kappa shape index (κ3) is 3.86. The number of halogens is 2. The predicted octanol–water partition coefficient (Wildman–Crippen LogP) is 4.38. The van der Waals surface area contributed by atoms with Gasteiger partial charge >= 0.3 is 0 Å². The second-order valence-electron chi connectivity index (χ2n) is 5.81. The number of hydrogen-bond acceptors (Lipinski definition) is 2. The van der Waals surface area contributed by atoms with Crippen molar-refractivity contribution in [3.8, 4) is 0 Å². The predicted molar refractivity (Wildman–Crippen MR) is 95.1 cm³/mol. The van der Waals surface area contributed by atoms with E-state index in [0.29, 0.717) is 15.7 Å². The molecule has 120 valence electrons. The van der Waals surface area contributed by atoms with Crippen LogP contribution in [0.5, 0.6) is 0 Å². The molecule has 1 amide bonds. The van der Waals surface area contributed by atoms with Gasteiger partial charge in [0.05, 0.1) is 6.04 Å². The maximum absolute atomic E-state index is 12.5. The normalized spacial score (nSPS) is 15.8. The first-order valence-corrected chi connectivity index (χ1v) is 8.36. The maximum Gasteiger partial charge on any atom is 0.241 e. The van der Waals surface area contributed by atoms with Crippen molar-refractivity contribution < 1.29 is 4.79 Å². The van der Waals surface area contributed by atoms with Crippen LogP contribution in [0.2, 0.25) is 10.0 Å². The van der Waals surface area contributed by atoms with Gasteiger partial charge in [-0.1, -0.05) is 47.5 Å². The molecule has 1 atom stereocenters. The molecule has 2 aromatic carbocycles. The van der Waals surface area contributed by atoms with Crippen molar-refractivity contribution in [3.63, 3.8) is 0 Å². The minimum absolute atomic E-state index is 0.0530. The second kappa shape index (κ2) is 6.91. The van der Waals surface area contributed by atoms with E-state index in [9.17, 15) is 4.79 Å². The van der Waals surface area contributed by atoms with Crippen LogP contribution in [0.4, 0.5) is 5.69 Å². The zero-order valence-corrected chi connectivity index (χ0v) is 14.4. The van der Waals surface area contributed by atoms with Gasteiger partial charge < -0.3 is 5.32 Å². The molecule has 0 unspecified atom stereocenters. The van der Waals surface area contributed by atoms with Crippen LogP contribution < -0.4 is 5.32 Å². The summed E-state index contributed by atoms with van der Waals surface area (Å²) in [7, 11) is 0. The number of carbonyl (C=O) groups excluding carboxylic acids is 1. The quantitative estimate of drug-likeness (QED) is 0.892. The molecule has 1 aliphatic heterocycles. The van der Waals surface area contributed by atoms with Gasteiger partial charge in [-0.05, 0) is 42.7 Å². The topological polar surface area (TPSA) is 32.3 Å². The van der Waals surface area contributed by atoms with E-state index in [1.165, 1.54) is 11.1 Å². The Morgan fingerprint density at radius 1 is 1.13 bits per heavy atom. The van der Waals surface area contributed by atoms with E-state index in [2.05, 4.69) is 28.4 Å². The molecule has 3 rings (SSSR count). The van der Waals surface area contributed by atoms with Gasteiger partial charge in [0.1, 0.15) is 0 Å². The number of nitrogens with one attached hydrogen (secondary N) is 1. The van der Waals surface area contributed by atoms with Gasteiger partial charge in [0, 0.05) is 28.8 Å². The van der Waals surface area contributed by atoms with E-state index in [-0.39, 0.29) is 11.9 Å². The fourth-order valence-electron chi connectivity index (χ4n) is 2.89. The number of benzene rings is 2. The summed E-state index contributed by atoms with van der Waals surface area (Å²) in [5.41, 5.74) is 3.29. The molecular weight excluding hydrogens is 331 g/mol. The SMILES string of the molecule is C[C@@H](C(=O)Nc1cc(Cl)cc(Cl)c1)N1CCc2ccccc2C1. The highest BCUT2D eigenvalue weighted by Crippen LogP contribution is 2.24. The van der Waals surface area contributed by atoms with Gasteiger partial charge in [-0.2, -0.15) is 0 Å². The highest BCUT2D eigenvalue weighted by atomic mass is 35.5. The largest absolute Gasteiger partial charge is 0.325 e. The summed E-state index contributed by atoms with van der Waals surface area (Å²) < 4.78 is 0. The summed E-state index contributed by atoms with van der Waals surface area (Å²) in [4.78, 5) is 14.7. The molecule has 0 fully saturated rings. The smallest absolute Gasteiger partial charge is 0.241 e. The Balaban J connectivity index is 1.68. The number of hydrogen-bond donors (Lipinski definition) is 1. The lowest BCUT2D eigenvalue weighted by Gasteiger charge is -2.32. The first-order valence-electron chi connectivity index (χ1n) is 7.61. The second-order valence-corrected chi connectivity index (χ2v) is 6.69. The Kier molecular flexibility index (Phi) is 4.90. The highest BCUT2D eigenvalue weighted by molar-refractivity contribution is 6.35. The molecule has 0 aliphatic carbocycles. The summed E-state index contributed by atoms with van der Waals surface area (Å²) in [6.45, 7) is 3.60. The Morgan fingerprint density at radius 3 is 2.48 bits per heavy atom. The zero-order valence-electron chi connectivity index (χ0n) is 12.9. The molecule has 1 aliphatic rings. The fraction of sp³-hybridized carbons (Fsp3) is 0.278. The minimum Gasteiger partial charge on any atom is -0.325 e. The van der Waals surface area contributed by atoms with Gasteiger partial charge in [-0.3, -0.25) is 9.69 Å². The van der Waals surface area contributed by atoms with Crippen molar-refractivity contribution in [1.82, 2.24) is 4.90 Å². The van der Waals surface area contributed by atoms with Crippen LogP contribution in [0.25, 0.3) is 0 Å². The van der Waals surface area contributed by atoms with Gasteiger partial charge in [0.25, 0.3) is 0 Å². The molecule has 23 heavy (non-hydrogen) atoms. The van der Waals surface area contributed by atoms with Crippen LogP contribution in [-0.4, -0.2) is 23.4 Å². The van der Waals surface area contributed by atoms with E-state index in [1.807, 2.05) is 13.0 Å². The average molecular weight is 349 g/mol. The van der Waals surface area contributed by atoms with Crippen molar-refractivity contribution in [2.45, 2.75) is 25.9 Å². The molecule has 0 radical (unpaired) electrons. The number of amides is 1. The van der Waals surface area contributed by atoms with E-state index < -0.39 is 0 Å². The van der Waals surface area contributed by atoms with Crippen molar-refractivity contribution >= 4 is 34.8 Å². The minimum atomic E-state index is -0.221. The van der Waals surface area contributed by atoms with Crippen LogP contribution in [0, 0.1) is 0 Å². The van der Waals surface area contributed by atoms with Crippen molar-refractivity contribution in [2.75, 3.05) is 11.9 Å². The first kappa shape index (κ1) is 16.3. The first-order chi connectivity index (χ1) is 11.0. The third-order valence-corrected chi connectivity index (χ3v) is 4.65. The molecule has 2 aromatic rings. The number of nitrogens with zero attached hydrogens (tertiary/aromatic N) is 1. The van der Waals surface area contributed by atoms with E-state index in [0.717, 1.165) is 19.5 Å². The van der Waals surface area contributed by atoms with Crippen LogP contribution >= 0.6 is 23.2 Å². The average Bonchev–Trinajstić information content (AvgIpc) is 2.52. The van der Waals surface area contributed by atoms with Gasteiger partial charge in [0.2, 0.25) is 5.91 Å². The Hall–Kier alpha value is -1.55. The van der Waals surface area contributed by atoms with Gasteiger partial charge in [0.15, 0.2) is 0 Å². The standard InChI is InChI=1S/C18H18Cl2N2O/c1-12(18(23)21-17-9-15(19)8-16(20)10-17)22-7-6-13-4-2-3-5-14(13)11-22/h2-5,8-10,12H,6-7,11H2,1H3,(H,21,23)/t12-/m0/s1. The summed E-state index contributed by atoms with van der Waals surface area (Å²) in [5, 5.41) is 3.91. The molecule has 5 heteroatoms. The van der Waals surface area contributed by atoms with Crippen molar-refractivity contribution in [1.29, 1.82) is 0 Å². The Labute approximate surface area is 146 Å². The third-order valence-electron chi connectivity index (χ3n) is 4.22. The number of fused-ring (bicyclic) bond motifs is 1. The molecule has 0 spiro atoms. The van der Waals surface area contributed by atoms with E-state index in [4.69, 9.17) is 23.2 Å². The van der Waals surface area contributed by atoms with Crippen LogP contribution in [0.1, 0.15) is 18.1 Å². The van der Waals surface area contributed by atoms with Crippen LogP contribution in [0.3, 0.4) is 0 Å². The van der Waals surface area contributed by atoms with E-state index in [1.54, 1.807) is 18.2 Å². The van der Waals surface area contributed by atoms with Gasteiger partial charge in [-0.15, -0.1) is 0 Å². The van der Waals surface area contributed by atoms with E-state index >= 15 is 0 Å². The highest BCUT2D eigenvalue weighted by Gasteiger charge is 2.25.